The predicted octanol–water partition coefficient (Wildman–Crippen LogP) is -0.381. The number of nitrogens with zero attached hydrogens (tertiary/aromatic N) is 1. The molecule has 0 saturated heterocycles. The molecule has 2 nitrogen and oxygen atoms in total. The van der Waals surface area contributed by atoms with Crippen LogP contribution in [0.25, 0.3) is 0 Å². The first-order valence-corrected chi connectivity index (χ1v) is 6.39. The van der Waals surface area contributed by atoms with Crippen LogP contribution < -0.4 is 21.5 Å². The smallest absolute Gasteiger partial charge is 0.169 e. The molecule has 1 heterocycles. The minimum atomic E-state index is 0. The molecule has 1 aromatic rings. The number of unbranched alkanes of at least 4 members (excludes halogenated alkanes) is 5. The summed E-state index contributed by atoms with van der Waals surface area (Å²) < 4.78 is 2.25. The predicted molar refractivity (Wildman–Crippen MR) is 66.2 cm³/mol. The third-order valence-electron chi connectivity index (χ3n) is 2.88. The maximum atomic E-state index is 8.64. The third-order valence-corrected chi connectivity index (χ3v) is 2.88. The maximum Gasteiger partial charge on any atom is 0.169 e. The Hall–Kier alpha value is -0.410. The molecule has 0 atom stereocenters. The first-order chi connectivity index (χ1) is 7.83. The van der Waals surface area contributed by atoms with E-state index in [1.54, 1.807) is 0 Å². The van der Waals surface area contributed by atoms with Crippen LogP contribution in [0.2, 0.25) is 0 Å². The van der Waals surface area contributed by atoms with E-state index < -0.39 is 0 Å². The van der Waals surface area contributed by atoms with E-state index in [9.17, 15) is 0 Å². The van der Waals surface area contributed by atoms with Crippen molar-refractivity contribution in [2.75, 3.05) is 6.61 Å². The average molecular weight is 302 g/mol. The van der Waals surface area contributed by atoms with Crippen molar-refractivity contribution in [1.82, 2.24) is 0 Å². The van der Waals surface area contributed by atoms with E-state index in [0.29, 0.717) is 6.61 Å². The molecular weight excluding hydrogens is 278 g/mol. The Morgan fingerprint density at radius 3 is 2.06 bits per heavy atom. The number of pyridine rings is 1. The van der Waals surface area contributed by atoms with Gasteiger partial charge in [0.15, 0.2) is 12.4 Å². The van der Waals surface area contributed by atoms with Crippen LogP contribution in [0.15, 0.2) is 24.5 Å². The molecule has 0 amide bonds. The van der Waals surface area contributed by atoms with Crippen molar-refractivity contribution in [1.29, 1.82) is 0 Å². The van der Waals surface area contributed by atoms with Crippen LogP contribution in [0.3, 0.4) is 0 Å². The highest BCUT2D eigenvalue weighted by Gasteiger charge is 1.98. The molecule has 0 spiro atoms. The van der Waals surface area contributed by atoms with Crippen LogP contribution in [0.5, 0.6) is 0 Å². The normalized spacial score (nSPS) is 10.0. The summed E-state index contributed by atoms with van der Waals surface area (Å²) in [7, 11) is 0. The summed E-state index contributed by atoms with van der Waals surface area (Å²) in [4.78, 5) is 0. The maximum absolute atomic E-state index is 8.64. The van der Waals surface area contributed by atoms with Crippen LogP contribution in [0, 0.1) is 6.92 Å². The van der Waals surface area contributed by atoms with Gasteiger partial charge in [0.05, 0.1) is 0 Å². The molecule has 1 rings (SSSR count). The Labute approximate surface area is 115 Å². The minimum Gasteiger partial charge on any atom is -1.00 e. The number of rotatable bonds is 8. The monoisotopic (exact) mass is 301 g/mol. The molecule has 0 aromatic carbocycles. The lowest BCUT2D eigenvalue weighted by atomic mass is 10.1. The molecule has 0 aliphatic rings. The Morgan fingerprint density at radius 2 is 1.47 bits per heavy atom. The number of aryl methyl sites for hydroxylation is 2. The number of halogens is 1. The van der Waals surface area contributed by atoms with E-state index in [1.165, 1.54) is 37.7 Å². The van der Waals surface area contributed by atoms with Gasteiger partial charge in [0.25, 0.3) is 0 Å². The van der Waals surface area contributed by atoms with E-state index in [4.69, 9.17) is 5.11 Å². The summed E-state index contributed by atoms with van der Waals surface area (Å²) in [6.07, 6.45) is 11.6. The zero-order chi connectivity index (χ0) is 11.6. The number of hydrogen-bond donors (Lipinski definition) is 1. The van der Waals surface area contributed by atoms with Gasteiger partial charge in [-0.3, -0.25) is 0 Å². The highest BCUT2D eigenvalue weighted by molar-refractivity contribution is 5.03. The van der Waals surface area contributed by atoms with E-state index in [0.717, 1.165) is 13.0 Å². The largest absolute Gasteiger partial charge is 1.00 e. The summed E-state index contributed by atoms with van der Waals surface area (Å²) in [6.45, 7) is 3.59. The van der Waals surface area contributed by atoms with Crippen LogP contribution in [0.1, 0.15) is 44.1 Å². The van der Waals surface area contributed by atoms with Crippen molar-refractivity contribution in [3.63, 3.8) is 0 Å². The van der Waals surface area contributed by atoms with Crippen molar-refractivity contribution in [2.24, 2.45) is 0 Å². The first-order valence-electron chi connectivity index (χ1n) is 6.39. The Morgan fingerprint density at radius 1 is 0.941 bits per heavy atom. The van der Waals surface area contributed by atoms with Gasteiger partial charge in [-0.15, -0.1) is 0 Å². The second-order valence-corrected chi connectivity index (χ2v) is 4.46. The van der Waals surface area contributed by atoms with Crippen molar-refractivity contribution < 1.29 is 26.7 Å². The van der Waals surface area contributed by atoms with Crippen LogP contribution in [-0.4, -0.2) is 11.7 Å². The van der Waals surface area contributed by atoms with Gasteiger partial charge in [0, 0.05) is 25.2 Å². The number of aliphatic hydroxyl groups excluding tert-OH is 1. The zero-order valence-corrected chi connectivity index (χ0v) is 12.3. The highest BCUT2D eigenvalue weighted by atomic mass is 79.9. The third kappa shape index (κ3) is 8.33. The molecule has 17 heavy (non-hydrogen) atoms. The van der Waals surface area contributed by atoms with Crippen molar-refractivity contribution in [3.8, 4) is 0 Å². The molecule has 1 aromatic heterocycles. The fourth-order valence-corrected chi connectivity index (χ4v) is 1.79. The van der Waals surface area contributed by atoms with Crippen molar-refractivity contribution >= 4 is 0 Å². The number of aromatic nitrogens is 1. The quantitative estimate of drug-likeness (QED) is 0.514. The summed E-state index contributed by atoms with van der Waals surface area (Å²) in [5, 5.41) is 8.64. The fourth-order valence-electron chi connectivity index (χ4n) is 1.79. The molecule has 1 N–H and O–H groups in total. The van der Waals surface area contributed by atoms with Gasteiger partial charge >= 0.3 is 0 Å². The van der Waals surface area contributed by atoms with Gasteiger partial charge in [-0.05, 0) is 25.3 Å². The standard InChI is InChI=1S/C14H24NO.BrH/c1-14-8-11-15(12-9-14)10-6-4-2-3-5-7-13-16;/h8-9,11-12,16H,2-7,10,13H2,1H3;1H/q+1;/p-1. The zero-order valence-electron chi connectivity index (χ0n) is 10.7. The molecule has 0 bridgehead atoms. The van der Waals surface area contributed by atoms with Crippen LogP contribution in [-0.2, 0) is 6.54 Å². The van der Waals surface area contributed by atoms with Crippen LogP contribution >= 0.6 is 0 Å². The first kappa shape index (κ1) is 16.6. The lowest BCUT2D eigenvalue weighted by Crippen LogP contribution is -3.00. The van der Waals surface area contributed by atoms with Crippen molar-refractivity contribution in [2.45, 2.75) is 52.0 Å². The Bertz CT molecular complexity index is 274. The van der Waals surface area contributed by atoms with Gasteiger partial charge in [0.2, 0.25) is 0 Å². The molecule has 0 unspecified atom stereocenters. The van der Waals surface area contributed by atoms with Crippen LogP contribution in [0.4, 0.5) is 0 Å². The van der Waals surface area contributed by atoms with E-state index in [-0.39, 0.29) is 17.0 Å². The summed E-state index contributed by atoms with van der Waals surface area (Å²) in [6, 6.07) is 4.31. The molecule has 3 heteroatoms. The molecule has 0 aliphatic heterocycles. The SMILES string of the molecule is Cc1cc[n+](CCCCCCCCO)cc1.[Br-]. The van der Waals surface area contributed by atoms with Gasteiger partial charge in [-0.1, -0.05) is 19.3 Å². The van der Waals surface area contributed by atoms with Gasteiger partial charge in [-0.25, -0.2) is 4.57 Å². The number of aliphatic hydroxyl groups is 1. The van der Waals surface area contributed by atoms with E-state index in [1.807, 2.05) is 0 Å². The van der Waals surface area contributed by atoms with E-state index in [2.05, 4.69) is 36.0 Å². The second-order valence-electron chi connectivity index (χ2n) is 4.46. The molecule has 0 saturated carbocycles. The second kappa shape index (κ2) is 10.7. The topological polar surface area (TPSA) is 24.1 Å². The molecule has 0 fully saturated rings. The number of hydrogen-bond acceptors (Lipinski definition) is 1. The lowest BCUT2D eigenvalue weighted by molar-refractivity contribution is -0.697. The molecular formula is C14H24BrNO. The summed E-state index contributed by atoms with van der Waals surface area (Å²) >= 11 is 0. The summed E-state index contributed by atoms with van der Waals surface area (Å²) in [5.74, 6) is 0. The lowest BCUT2D eigenvalue weighted by Gasteiger charge is -1.99. The fraction of sp³-hybridized carbons (Fsp3) is 0.643. The summed E-state index contributed by atoms with van der Waals surface area (Å²) in [5.41, 5.74) is 1.32. The molecule has 0 aliphatic carbocycles. The highest BCUT2D eigenvalue weighted by Crippen LogP contribution is 2.04. The molecule has 98 valence electrons. The minimum absolute atomic E-state index is 0. The van der Waals surface area contributed by atoms with Gasteiger partial charge in [0.1, 0.15) is 6.54 Å². The Kier molecular flexibility index (Phi) is 10.5. The van der Waals surface area contributed by atoms with Gasteiger partial charge in [-0.2, -0.15) is 0 Å². The average Bonchev–Trinajstić information content (AvgIpc) is 2.30. The van der Waals surface area contributed by atoms with Crippen molar-refractivity contribution in [3.05, 3.63) is 30.1 Å². The van der Waals surface area contributed by atoms with E-state index >= 15 is 0 Å². The Balaban J connectivity index is 0.00000256. The molecule has 0 radical (unpaired) electrons. The van der Waals surface area contributed by atoms with Gasteiger partial charge < -0.3 is 22.1 Å².